The van der Waals surface area contributed by atoms with Crippen LogP contribution < -0.4 is 4.90 Å². The number of carbonyl (C=O) groups is 2. The Balaban J connectivity index is 1.51. The second-order valence-electron chi connectivity index (χ2n) is 7.08. The summed E-state index contributed by atoms with van der Waals surface area (Å²) in [6.07, 6.45) is 5.14. The van der Waals surface area contributed by atoms with Crippen LogP contribution in [0.1, 0.15) is 42.4 Å². The summed E-state index contributed by atoms with van der Waals surface area (Å²) in [5.41, 5.74) is 2.73. The molecule has 0 saturated heterocycles. The largest absolute Gasteiger partial charge is 0.332 e. The lowest BCUT2D eigenvalue weighted by molar-refractivity contribution is -0.128. The minimum Gasteiger partial charge on any atom is -0.332 e. The van der Waals surface area contributed by atoms with Gasteiger partial charge in [-0.25, -0.2) is 4.98 Å². The first-order valence-electron chi connectivity index (χ1n) is 9.94. The van der Waals surface area contributed by atoms with Crippen molar-refractivity contribution in [1.82, 2.24) is 9.88 Å². The number of rotatable bonds is 5. The average Bonchev–Trinajstić information content (AvgIpc) is 3.41. The fourth-order valence-electron chi connectivity index (χ4n) is 3.81. The number of para-hydroxylation sites is 1. The molecule has 30 heavy (non-hydrogen) atoms. The quantitative estimate of drug-likeness (QED) is 0.500. The minimum atomic E-state index is -0.104. The number of hydrogen-bond donors (Lipinski definition) is 0. The average molecular weight is 438 g/mol. The Morgan fingerprint density at radius 1 is 1.23 bits per heavy atom. The minimum absolute atomic E-state index is 0.000247. The molecule has 0 spiro atoms. The van der Waals surface area contributed by atoms with Crippen LogP contribution in [0.2, 0.25) is 0 Å². The summed E-state index contributed by atoms with van der Waals surface area (Å²) in [5.74, 6) is -0.104. The molecule has 0 N–H and O–H groups in total. The van der Waals surface area contributed by atoms with Gasteiger partial charge in [0, 0.05) is 29.8 Å². The Hall–Kier alpha value is -2.77. The zero-order chi connectivity index (χ0) is 21.1. The third-order valence-electron chi connectivity index (χ3n) is 5.19. The van der Waals surface area contributed by atoms with Crippen molar-refractivity contribution >= 4 is 51.4 Å². The van der Waals surface area contributed by atoms with Crippen LogP contribution in [0.25, 0.3) is 6.08 Å². The fourth-order valence-corrected chi connectivity index (χ4v) is 5.60. The number of thiophene rings is 1. The van der Waals surface area contributed by atoms with Crippen molar-refractivity contribution in [2.45, 2.75) is 32.7 Å². The number of carbonyl (C=O) groups excluding carboxylic acids is 2. The molecule has 2 aromatic heterocycles. The SMILES string of the molecule is CCC1c2ccsc2CCN1C(=O)/C=C/c1csc(N(C(C)=O)c2ccccc2)n1. The van der Waals surface area contributed by atoms with Crippen molar-refractivity contribution < 1.29 is 9.59 Å². The Kier molecular flexibility index (Phi) is 6.11. The van der Waals surface area contributed by atoms with Gasteiger partial charge in [0.25, 0.3) is 0 Å². The lowest BCUT2D eigenvalue weighted by Crippen LogP contribution is -2.38. The van der Waals surface area contributed by atoms with Crippen LogP contribution in [0.5, 0.6) is 0 Å². The molecule has 0 fully saturated rings. The Bertz CT molecular complexity index is 1070. The van der Waals surface area contributed by atoms with E-state index in [1.807, 2.05) is 40.6 Å². The fraction of sp³-hybridized carbons (Fsp3) is 0.261. The summed E-state index contributed by atoms with van der Waals surface area (Å²) >= 11 is 3.16. The summed E-state index contributed by atoms with van der Waals surface area (Å²) < 4.78 is 0. The van der Waals surface area contributed by atoms with Crippen molar-refractivity contribution in [3.8, 4) is 0 Å². The maximum absolute atomic E-state index is 12.9. The molecule has 1 aliphatic rings. The first kappa shape index (κ1) is 20.5. The van der Waals surface area contributed by atoms with E-state index in [2.05, 4.69) is 23.4 Å². The van der Waals surface area contributed by atoms with Crippen LogP contribution in [0.15, 0.2) is 53.2 Å². The lowest BCUT2D eigenvalue weighted by atomic mass is 9.97. The van der Waals surface area contributed by atoms with Crippen molar-refractivity contribution in [2.75, 3.05) is 11.4 Å². The zero-order valence-corrected chi connectivity index (χ0v) is 18.6. The Morgan fingerprint density at radius 3 is 2.77 bits per heavy atom. The molecule has 0 saturated carbocycles. The molecule has 0 radical (unpaired) electrons. The molecule has 2 amide bonds. The first-order valence-corrected chi connectivity index (χ1v) is 11.7. The predicted octanol–water partition coefficient (Wildman–Crippen LogP) is 5.44. The van der Waals surface area contributed by atoms with Crippen molar-refractivity contribution in [1.29, 1.82) is 0 Å². The topological polar surface area (TPSA) is 53.5 Å². The van der Waals surface area contributed by atoms with Gasteiger partial charge in [-0.1, -0.05) is 25.1 Å². The van der Waals surface area contributed by atoms with E-state index in [0.29, 0.717) is 10.8 Å². The summed E-state index contributed by atoms with van der Waals surface area (Å²) in [7, 11) is 0. The number of fused-ring (bicyclic) bond motifs is 1. The highest BCUT2D eigenvalue weighted by molar-refractivity contribution is 7.14. The summed E-state index contributed by atoms with van der Waals surface area (Å²) in [6.45, 7) is 4.38. The van der Waals surface area contributed by atoms with Crippen LogP contribution in [0.4, 0.5) is 10.8 Å². The van der Waals surface area contributed by atoms with E-state index in [0.717, 1.165) is 25.1 Å². The number of thiazole rings is 1. The smallest absolute Gasteiger partial charge is 0.247 e. The second-order valence-corrected chi connectivity index (χ2v) is 8.92. The molecule has 1 aromatic carbocycles. The lowest BCUT2D eigenvalue weighted by Gasteiger charge is -2.34. The highest BCUT2D eigenvalue weighted by atomic mass is 32.1. The highest BCUT2D eigenvalue weighted by Crippen LogP contribution is 2.35. The highest BCUT2D eigenvalue weighted by Gasteiger charge is 2.29. The summed E-state index contributed by atoms with van der Waals surface area (Å²) in [6, 6.07) is 11.7. The normalized spacial score (nSPS) is 15.9. The second kappa shape index (κ2) is 8.93. The van der Waals surface area contributed by atoms with E-state index in [-0.39, 0.29) is 17.9 Å². The molecule has 154 valence electrons. The van der Waals surface area contributed by atoms with E-state index in [1.165, 1.54) is 28.7 Å². The van der Waals surface area contributed by atoms with Crippen LogP contribution >= 0.6 is 22.7 Å². The molecule has 5 nitrogen and oxygen atoms in total. The van der Waals surface area contributed by atoms with Crippen molar-refractivity contribution in [3.05, 3.63) is 69.4 Å². The van der Waals surface area contributed by atoms with E-state index in [9.17, 15) is 9.59 Å². The first-order chi connectivity index (χ1) is 14.6. The van der Waals surface area contributed by atoms with Crippen molar-refractivity contribution in [3.63, 3.8) is 0 Å². The van der Waals surface area contributed by atoms with Crippen LogP contribution in [0, 0.1) is 0 Å². The van der Waals surface area contributed by atoms with Crippen LogP contribution in [-0.2, 0) is 16.0 Å². The van der Waals surface area contributed by atoms with Gasteiger partial charge >= 0.3 is 0 Å². The zero-order valence-electron chi connectivity index (χ0n) is 16.9. The molecule has 0 bridgehead atoms. The standard InChI is InChI=1S/C23H23N3O2S2/c1-3-20-19-12-14-29-21(19)11-13-25(20)22(28)10-9-17-15-30-23(24-17)26(16(2)27)18-7-5-4-6-8-18/h4-10,12,14-15,20H,3,11,13H2,1-2H3/b10-9+. The van der Waals surface area contributed by atoms with E-state index in [4.69, 9.17) is 0 Å². The molecule has 4 rings (SSSR count). The van der Waals surface area contributed by atoms with Crippen molar-refractivity contribution in [2.24, 2.45) is 0 Å². The number of aromatic nitrogens is 1. The Morgan fingerprint density at radius 2 is 2.03 bits per heavy atom. The van der Waals surface area contributed by atoms with Gasteiger partial charge in [0.15, 0.2) is 5.13 Å². The number of amides is 2. The van der Waals surface area contributed by atoms with E-state index >= 15 is 0 Å². The van der Waals surface area contributed by atoms with E-state index in [1.54, 1.807) is 28.4 Å². The molecule has 0 aliphatic carbocycles. The number of benzene rings is 1. The summed E-state index contributed by atoms with van der Waals surface area (Å²) in [5, 5.41) is 4.57. The van der Waals surface area contributed by atoms with Crippen LogP contribution in [0.3, 0.4) is 0 Å². The molecular formula is C23H23N3O2S2. The van der Waals surface area contributed by atoms with E-state index < -0.39 is 0 Å². The molecular weight excluding hydrogens is 414 g/mol. The Labute approximate surface area is 184 Å². The monoisotopic (exact) mass is 437 g/mol. The third kappa shape index (κ3) is 4.08. The van der Waals surface area contributed by atoms with Gasteiger partial charge in [0.05, 0.1) is 17.4 Å². The molecule has 3 aromatic rings. The number of anilines is 2. The number of hydrogen-bond acceptors (Lipinski definition) is 5. The molecule has 3 heterocycles. The summed E-state index contributed by atoms with van der Waals surface area (Å²) in [4.78, 5) is 34.6. The van der Waals surface area contributed by atoms with Gasteiger partial charge in [0.2, 0.25) is 11.8 Å². The molecule has 1 aliphatic heterocycles. The predicted molar refractivity (Wildman–Crippen MR) is 123 cm³/mol. The van der Waals surface area contributed by atoms with Gasteiger partial charge in [0.1, 0.15) is 0 Å². The van der Waals surface area contributed by atoms with Crippen LogP contribution in [-0.4, -0.2) is 28.2 Å². The third-order valence-corrected chi connectivity index (χ3v) is 7.03. The number of nitrogens with zero attached hydrogens (tertiary/aromatic N) is 3. The maximum Gasteiger partial charge on any atom is 0.247 e. The molecule has 1 atom stereocenters. The maximum atomic E-state index is 12.9. The van der Waals surface area contributed by atoms with Gasteiger partial charge in [-0.3, -0.25) is 14.5 Å². The molecule has 7 heteroatoms. The molecule has 1 unspecified atom stereocenters. The van der Waals surface area contributed by atoms with Gasteiger partial charge in [-0.05, 0) is 48.1 Å². The van der Waals surface area contributed by atoms with Gasteiger partial charge in [-0.15, -0.1) is 22.7 Å². The van der Waals surface area contributed by atoms with Gasteiger partial charge < -0.3 is 4.90 Å². The van der Waals surface area contributed by atoms with Gasteiger partial charge in [-0.2, -0.15) is 0 Å².